The first kappa shape index (κ1) is 19.2. The van der Waals surface area contributed by atoms with Crippen molar-refractivity contribution in [2.75, 3.05) is 6.61 Å². The molecule has 0 fully saturated rings. The largest absolute Gasteiger partial charge is 0.502 e. The molecule has 27 heavy (non-hydrogen) atoms. The number of hydrazone groups is 1. The van der Waals surface area contributed by atoms with E-state index in [2.05, 4.69) is 5.10 Å². The molecule has 0 aliphatic heterocycles. The molecule has 11 nitrogen and oxygen atoms in total. The number of aromatic hydroxyl groups is 1. The predicted molar refractivity (Wildman–Crippen MR) is 89.0 cm³/mol. The number of amides is 1. The minimum atomic E-state index is -0.991. The van der Waals surface area contributed by atoms with Gasteiger partial charge < -0.3 is 9.84 Å². The van der Waals surface area contributed by atoms with E-state index in [0.717, 1.165) is 24.4 Å². The van der Waals surface area contributed by atoms with Crippen molar-refractivity contribution in [2.45, 2.75) is 0 Å². The monoisotopic (exact) mass is 378 g/mol. The average Bonchev–Trinajstić information content (AvgIpc) is 2.62. The van der Waals surface area contributed by atoms with Crippen molar-refractivity contribution < 1.29 is 28.9 Å². The number of nitrogens with zero attached hydrogens (tertiary/aromatic N) is 3. The van der Waals surface area contributed by atoms with Gasteiger partial charge in [0.25, 0.3) is 11.6 Å². The molecule has 0 radical (unpaired) electrons. The third kappa shape index (κ3) is 5.19. The first-order valence-corrected chi connectivity index (χ1v) is 7.14. The Hall–Kier alpha value is -4.09. The smallest absolute Gasteiger partial charge is 0.318 e. The Labute approximate surface area is 150 Å². The number of non-ortho nitro benzene ring substituents is 1. The highest BCUT2D eigenvalue weighted by molar-refractivity contribution is 5.88. The normalized spacial score (nSPS) is 10.6. The second kappa shape index (κ2) is 8.33. The SMILES string of the molecule is O=C(COc1ccc(F)cc1)NN=Cc1cc([N+](=O)[O-])cc([N+](=O)[O-])c1O. The Morgan fingerprint density at radius 1 is 1.22 bits per heavy atom. The summed E-state index contributed by atoms with van der Waals surface area (Å²) in [5.41, 5.74) is 0.170. The number of nitrogens with one attached hydrogen (secondary N) is 1. The van der Waals surface area contributed by atoms with Crippen LogP contribution in [0.15, 0.2) is 41.5 Å². The van der Waals surface area contributed by atoms with Crippen LogP contribution < -0.4 is 10.2 Å². The standard InChI is InChI=1S/C15H11FN4O7/c16-10-1-3-12(4-2-10)27-8-14(21)18-17-7-9-5-11(19(23)24)6-13(15(9)22)20(25)26/h1-7,22H,8H2,(H,18,21). The number of hydrogen-bond acceptors (Lipinski definition) is 8. The lowest BCUT2D eigenvalue weighted by molar-refractivity contribution is -0.394. The lowest BCUT2D eigenvalue weighted by Crippen LogP contribution is -2.24. The number of halogens is 1. The number of carbonyl (C=O) groups excluding carboxylic acids is 1. The molecule has 0 unspecified atom stereocenters. The lowest BCUT2D eigenvalue weighted by Gasteiger charge is -2.04. The van der Waals surface area contributed by atoms with E-state index in [4.69, 9.17) is 4.74 Å². The molecule has 12 heteroatoms. The van der Waals surface area contributed by atoms with Gasteiger partial charge in [-0.2, -0.15) is 5.10 Å². The fourth-order valence-corrected chi connectivity index (χ4v) is 1.85. The van der Waals surface area contributed by atoms with Gasteiger partial charge in [0.15, 0.2) is 6.61 Å². The molecule has 2 aromatic rings. The Morgan fingerprint density at radius 3 is 2.48 bits per heavy atom. The fraction of sp³-hybridized carbons (Fsp3) is 0.0667. The molecule has 0 spiro atoms. The molecule has 2 N–H and O–H groups in total. The van der Waals surface area contributed by atoms with E-state index >= 15 is 0 Å². The summed E-state index contributed by atoms with van der Waals surface area (Å²) in [5.74, 6) is -1.80. The number of nitro benzene ring substituents is 2. The van der Waals surface area contributed by atoms with Crippen LogP contribution >= 0.6 is 0 Å². The zero-order valence-corrected chi connectivity index (χ0v) is 13.4. The van der Waals surface area contributed by atoms with Crippen LogP contribution in [0.25, 0.3) is 0 Å². The van der Waals surface area contributed by atoms with E-state index in [-0.39, 0.29) is 11.3 Å². The minimum absolute atomic E-state index is 0.238. The molecule has 140 valence electrons. The van der Waals surface area contributed by atoms with Gasteiger partial charge in [0.1, 0.15) is 11.6 Å². The van der Waals surface area contributed by atoms with Gasteiger partial charge >= 0.3 is 5.69 Å². The molecule has 0 aromatic heterocycles. The van der Waals surface area contributed by atoms with Crippen LogP contribution in [0.2, 0.25) is 0 Å². The van der Waals surface area contributed by atoms with E-state index in [1.165, 1.54) is 12.1 Å². The Kier molecular flexibility index (Phi) is 5.94. The first-order valence-electron chi connectivity index (χ1n) is 7.14. The highest BCUT2D eigenvalue weighted by Gasteiger charge is 2.23. The zero-order chi connectivity index (χ0) is 20.0. The summed E-state index contributed by atoms with van der Waals surface area (Å²) >= 11 is 0. The van der Waals surface area contributed by atoms with Crippen molar-refractivity contribution >= 4 is 23.5 Å². The van der Waals surface area contributed by atoms with Crippen molar-refractivity contribution in [3.05, 3.63) is 68.0 Å². The summed E-state index contributed by atoms with van der Waals surface area (Å²) in [6, 6.07) is 6.36. The Balaban J connectivity index is 2.04. The lowest BCUT2D eigenvalue weighted by atomic mass is 10.1. The van der Waals surface area contributed by atoms with Gasteiger partial charge in [-0.15, -0.1) is 0 Å². The highest BCUT2D eigenvalue weighted by Crippen LogP contribution is 2.33. The topological polar surface area (TPSA) is 157 Å². The van der Waals surface area contributed by atoms with Crippen LogP contribution in [0.1, 0.15) is 5.56 Å². The van der Waals surface area contributed by atoms with Gasteiger partial charge in [-0.1, -0.05) is 0 Å². The van der Waals surface area contributed by atoms with Gasteiger partial charge in [0, 0.05) is 6.07 Å². The van der Waals surface area contributed by atoms with E-state index in [9.17, 15) is 34.5 Å². The molecule has 2 rings (SSSR count). The number of carbonyl (C=O) groups is 1. The summed E-state index contributed by atoms with van der Waals surface area (Å²) < 4.78 is 17.8. The molecule has 0 atom stereocenters. The molecule has 0 saturated heterocycles. The zero-order valence-electron chi connectivity index (χ0n) is 13.4. The van der Waals surface area contributed by atoms with Crippen LogP contribution in [0.5, 0.6) is 11.5 Å². The summed E-state index contributed by atoms with van der Waals surface area (Å²) in [6.07, 6.45) is 0.811. The molecule has 0 saturated carbocycles. The number of rotatable bonds is 7. The van der Waals surface area contributed by atoms with Crippen molar-refractivity contribution in [3.63, 3.8) is 0 Å². The van der Waals surface area contributed by atoms with Gasteiger partial charge in [-0.05, 0) is 24.3 Å². The van der Waals surface area contributed by atoms with Crippen molar-refractivity contribution in [1.29, 1.82) is 0 Å². The second-order valence-electron chi connectivity index (χ2n) is 4.95. The number of nitro groups is 2. The van der Waals surface area contributed by atoms with Gasteiger partial charge in [0.05, 0.1) is 27.7 Å². The molecule has 0 heterocycles. The molecular formula is C15H11FN4O7. The quantitative estimate of drug-likeness (QED) is 0.423. The van der Waals surface area contributed by atoms with Gasteiger partial charge in [0.2, 0.25) is 5.75 Å². The van der Waals surface area contributed by atoms with Gasteiger partial charge in [-0.25, -0.2) is 9.82 Å². The molecule has 0 bridgehead atoms. The van der Waals surface area contributed by atoms with Crippen molar-refractivity contribution in [1.82, 2.24) is 5.43 Å². The summed E-state index contributed by atoms with van der Waals surface area (Å²) in [6.45, 7) is -0.468. The van der Waals surface area contributed by atoms with Crippen LogP contribution in [0, 0.1) is 26.0 Å². The van der Waals surface area contributed by atoms with Crippen LogP contribution in [-0.2, 0) is 4.79 Å². The van der Waals surface area contributed by atoms with Crippen molar-refractivity contribution in [2.24, 2.45) is 5.10 Å². The van der Waals surface area contributed by atoms with Crippen LogP contribution in [-0.4, -0.2) is 33.7 Å². The number of benzene rings is 2. The molecule has 0 aliphatic rings. The van der Waals surface area contributed by atoms with E-state index in [1.807, 2.05) is 5.43 Å². The summed E-state index contributed by atoms with van der Waals surface area (Å²) in [4.78, 5) is 31.4. The van der Waals surface area contributed by atoms with Crippen molar-refractivity contribution in [3.8, 4) is 11.5 Å². The number of ether oxygens (including phenoxy) is 1. The summed E-state index contributed by atoms with van der Waals surface area (Å²) in [5, 5.41) is 34.9. The highest BCUT2D eigenvalue weighted by atomic mass is 19.1. The van der Waals surface area contributed by atoms with E-state index in [0.29, 0.717) is 6.07 Å². The van der Waals surface area contributed by atoms with E-state index < -0.39 is 45.3 Å². The summed E-state index contributed by atoms with van der Waals surface area (Å²) in [7, 11) is 0. The van der Waals surface area contributed by atoms with Crippen LogP contribution in [0.3, 0.4) is 0 Å². The number of phenols is 1. The Morgan fingerprint density at radius 2 is 1.89 bits per heavy atom. The number of hydrogen-bond donors (Lipinski definition) is 2. The number of phenolic OH excluding ortho intramolecular Hbond substituents is 1. The maximum atomic E-state index is 12.7. The molecule has 0 aliphatic carbocycles. The Bertz CT molecular complexity index is 915. The molecule has 1 amide bonds. The third-order valence-corrected chi connectivity index (χ3v) is 3.09. The molecular weight excluding hydrogens is 367 g/mol. The predicted octanol–water partition coefficient (Wildman–Crippen LogP) is 1.88. The van der Waals surface area contributed by atoms with E-state index in [1.54, 1.807) is 0 Å². The fourth-order valence-electron chi connectivity index (χ4n) is 1.85. The average molecular weight is 378 g/mol. The first-order chi connectivity index (χ1) is 12.8. The van der Waals surface area contributed by atoms with Gasteiger partial charge in [-0.3, -0.25) is 25.0 Å². The molecule has 2 aromatic carbocycles. The minimum Gasteiger partial charge on any atom is -0.502 e. The third-order valence-electron chi connectivity index (χ3n) is 3.09. The maximum Gasteiger partial charge on any atom is 0.318 e. The van der Waals surface area contributed by atoms with Crippen LogP contribution in [0.4, 0.5) is 15.8 Å². The second-order valence-corrected chi connectivity index (χ2v) is 4.95. The maximum absolute atomic E-state index is 12.7.